The number of urea groups is 1. The number of hydrogen-bond donors (Lipinski definition) is 2. The van der Waals surface area contributed by atoms with Crippen molar-refractivity contribution >= 4 is 23.3 Å². The molecule has 104 valence electrons. The van der Waals surface area contributed by atoms with Gasteiger partial charge in [0.2, 0.25) is 5.82 Å². The molecule has 0 unspecified atom stereocenters. The number of thiophene rings is 1. The molecule has 0 bridgehead atoms. The fourth-order valence-corrected chi connectivity index (χ4v) is 1.97. The monoisotopic (exact) mass is 292 g/mol. The minimum atomic E-state index is -0.589. The molecule has 0 aromatic carbocycles. The quantitative estimate of drug-likeness (QED) is 0.777. The van der Waals surface area contributed by atoms with Gasteiger partial charge in [-0.25, -0.2) is 4.79 Å². The average Bonchev–Trinajstić information content (AvgIpc) is 3.06. The number of amides is 3. The second-order valence-electron chi connectivity index (χ2n) is 3.67. The molecule has 0 saturated carbocycles. The summed E-state index contributed by atoms with van der Waals surface area (Å²) in [5.74, 6) is -0.0781. The molecule has 2 aromatic rings. The van der Waals surface area contributed by atoms with Crippen LogP contribution in [0.4, 0.5) is 4.79 Å². The summed E-state index contributed by atoms with van der Waals surface area (Å²) in [7, 11) is 0. The fourth-order valence-electron chi connectivity index (χ4n) is 1.32. The summed E-state index contributed by atoms with van der Waals surface area (Å²) in [6.07, 6.45) is 1.51. The number of carbonyl (C=O) groups excluding carboxylic acids is 2. The van der Waals surface area contributed by atoms with Crippen molar-refractivity contribution in [2.45, 2.75) is 6.54 Å². The van der Waals surface area contributed by atoms with E-state index in [0.29, 0.717) is 5.82 Å². The highest BCUT2D eigenvalue weighted by Crippen LogP contribution is 2.19. The predicted octanol–water partition coefficient (Wildman–Crippen LogP) is 0.413. The SMILES string of the molecule is C=CCNC(=O)NC(=O)Cn1nnc(-c2cccs2)n1. The van der Waals surface area contributed by atoms with E-state index in [1.807, 2.05) is 17.5 Å². The Morgan fingerprint density at radius 1 is 1.50 bits per heavy atom. The number of aromatic nitrogens is 4. The molecule has 3 amide bonds. The molecular weight excluding hydrogens is 280 g/mol. The van der Waals surface area contributed by atoms with Gasteiger partial charge >= 0.3 is 6.03 Å². The highest BCUT2D eigenvalue weighted by atomic mass is 32.1. The van der Waals surface area contributed by atoms with Gasteiger partial charge < -0.3 is 5.32 Å². The van der Waals surface area contributed by atoms with Crippen LogP contribution in [-0.4, -0.2) is 38.7 Å². The second-order valence-corrected chi connectivity index (χ2v) is 4.62. The first-order valence-corrected chi connectivity index (χ1v) is 6.57. The Kier molecular flexibility index (Phi) is 4.56. The van der Waals surface area contributed by atoms with Crippen LogP contribution < -0.4 is 10.6 Å². The summed E-state index contributed by atoms with van der Waals surface area (Å²) in [5, 5.41) is 18.1. The Morgan fingerprint density at radius 3 is 3.05 bits per heavy atom. The topological polar surface area (TPSA) is 102 Å². The summed E-state index contributed by atoms with van der Waals surface area (Å²) in [5.41, 5.74) is 0. The van der Waals surface area contributed by atoms with Crippen LogP contribution in [-0.2, 0) is 11.3 Å². The fraction of sp³-hybridized carbons (Fsp3) is 0.182. The van der Waals surface area contributed by atoms with E-state index in [-0.39, 0.29) is 13.1 Å². The molecule has 0 saturated heterocycles. The van der Waals surface area contributed by atoms with Gasteiger partial charge in [-0.3, -0.25) is 10.1 Å². The molecule has 0 radical (unpaired) electrons. The van der Waals surface area contributed by atoms with E-state index in [0.717, 1.165) is 9.67 Å². The lowest BCUT2D eigenvalue weighted by molar-refractivity contribution is -0.121. The van der Waals surface area contributed by atoms with Crippen molar-refractivity contribution in [1.82, 2.24) is 30.8 Å². The zero-order valence-corrected chi connectivity index (χ0v) is 11.3. The van der Waals surface area contributed by atoms with Crippen molar-refractivity contribution in [2.24, 2.45) is 0 Å². The highest BCUT2D eigenvalue weighted by Gasteiger charge is 2.11. The first-order valence-electron chi connectivity index (χ1n) is 5.69. The van der Waals surface area contributed by atoms with E-state index < -0.39 is 11.9 Å². The van der Waals surface area contributed by atoms with Crippen molar-refractivity contribution in [1.29, 1.82) is 0 Å². The van der Waals surface area contributed by atoms with Crippen LogP contribution in [0.2, 0.25) is 0 Å². The normalized spacial score (nSPS) is 10.0. The van der Waals surface area contributed by atoms with Crippen LogP contribution >= 0.6 is 11.3 Å². The van der Waals surface area contributed by atoms with Crippen LogP contribution in [0.5, 0.6) is 0 Å². The van der Waals surface area contributed by atoms with Gasteiger partial charge in [0.25, 0.3) is 5.91 Å². The van der Waals surface area contributed by atoms with Crippen LogP contribution in [0.1, 0.15) is 0 Å². The molecule has 2 heterocycles. The van der Waals surface area contributed by atoms with Gasteiger partial charge in [-0.2, -0.15) is 4.80 Å². The number of hydrogen-bond acceptors (Lipinski definition) is 6. The molecule has 0 aliphatic heterocycles. The van der Waals surface area contributed by atoms with Gasteiger partial charge in [-0.1, -0.05) is 12.1 Å². The molecule has 2 rings (SSSR count). The molecule has 0 fully saturated rings. The number of rotatable bonds is 5. The number of tetrazole rings is 1. The molecule has 20 heavy (non-hydrogen) atoms. The maximum Gasteiger partial charge on any atom is 0.321 e. The van der Waals surface area contributed by atoms with Crippen molar-refractivity contribution in [3.05, 3.63) is 30.2 Å². The van der Waals surface area contributed by atoms with Crippen LogP contribution in [0, 0.1) is 0 Å². The summed E-state index contributed by atoms with van der Waals surface area (Å²) in [6, 6.07) is 3.14. The molecule has 0 aliphatic rings. The Hall–Kier alpha value is -2.55. The lowest BCUT2D eigenvalue weighted by Crippen LogP contribution is -2.41. The molecule has 0 aliphatic carbocycles. The molecule has 2 aromatic heterocycles. The number of carbonyl (C=O) groups is 2. The minimum absolute atomic E-state index is 0.181. The first kappa shape index (κ1) is 13.9. The zero-order chi connectivity index (χ0) is 14.4. The van der Waals surface area contributed by atoms with Gasteiger partial charge in [0.15, 0.2) is 0 Å². The lowest BCUT2D eigenvalue weighted by atomic mass is 10.5. The van der Waals surface area contributed by atoms with Crippen molar-refractivity contribution in [3.8, 4) is 10.7 Å². The molecule has 9 heteroatoms. The third-order valence-electron chi connectivity index (χ3n) is 2.14. The molecule has 0 atom stereocenters. The van der Waals surface area contributed by atoms with Crippen molar-refractivity contribution in [3.63, 3.8) is 0 Å². The molecule has 2 N–H and O–H groups in total. The Balaban J connectivity index is 1.89. The number of nitrogens with one attached hydrogen (secondary N) is 2. The Morgan fingerprint density at radius 2 is 2.35 bits per heavy atom. The summed E-state index contributed by atoms with van der Waals surface area (Å²) < 4.78 is 0. The van der Waals surface area contributed by atoms with E-state index in [1.54, 1.807) is 0 Å². The third-order valence-corrected chi connectivity index (χ3v) is 3.01. The maximum absolute atomic E-state index is 11.6. The van der Waals surface area contributed by atoms with Crippen LogP contribution in [0.3, 0.4) is 0 Å². The Labute approximate surface area is 118 Å². The lowest BCUT2D eigenvalue weighted by Gasteiger charge is -2.03. The third kappa shape index (κ3) is 3.72. The van der Waals surface area contributed by atoms with E-state index in [4.69, 9.17) is 0 Å². The summed E-state index contributed by atoms with van der Waals surface area (Å²) in [6.45, 7) is 3.55. The van der Waals surface area contributed by atoms with Gasteiger partial charge in [0, 0.05) is 6.54 Å². The molecule has 0 spiro atoms. The standard InChI is InChI=1S/C11H12N6O2S/c1-2-5-12-11(19)13-9(18)7-17-15-10(14-16-17)8-4-3-6-20-8/h2-4,6H,1,5,7H2,(H2,12,13,18,19). The zero-order valence-electron chi connectivity index (χ0n) is 10.4. The van der Waals surface area contributed by atoms with Gasteiger partial charge in [-0.05, 0) is 16.7 Å². The number of imide groups is 1. The van der Waals surface area contributed by atoms with Gasteiger partial charge in [0.1, 0.15) is 6.54 Å². The second kappa shape index (κ2) is 6.57. The van der Waals surface area contributed by atoms with E-state index in [2.05, 4.69) is 32.6 Å². The van der Waals surface area contributed by atoms with E-state index in [1.165, 1.54) is 17.4 Å². The minimum Gasteiger partial charge on any atom is -0.334 e. The largest absolute Gasteiger partial charge is 0.334 e. The van der Waals surface area contributed by atoms with Gasteiger partial charge in [-0.15, -0.1) is 28.1 Å². The average molecular weight is 292 g/mol. The smallest absolute Gasteiger partial charge is 0.321 e. The summed E-state index contributed by atoms with van der Waals surface area (Å²) in [4.78, 5) is 24.8. The first-order chi connectivity index (χ1) is 9.69. The molecular formula is C11H12N6O2S. The van der Waals surface area contributed by atoms with Crippen molar-refractivity contribution in [2.75, 3.05) is 6.54 Å². The van der Waals surface area contributed by atoms with Gasteiger partial charge in [0.05, 0.1) is 4.88 Å². The number of nitrogens with zero attached hydrogens (tertiary/aromatic N) is 4. The summed E-state index contributed by atoms with van der Waals surface area (Å²) >= 11 is 1.48. The van der Waals surface area contributed by atoms with Crippen LogP contribution in [0.15, 0.2) is 30.2 Å². The van der Waals surface area contributed by atoms with E-state index >= 15 is 0 Å². The highest BCUT2D eigenvalue weighted by molar-refractivity contribution is 7.13. The Bertz CT molecular complexity index is 606. The predicted molar refractivity (Wildman–Crippen MR) is 72.9 cm³/mol. The van der Waals surface area contributed by atoms with Crippen LogP contribution in [0.25, 0.3) is 10.7 Å². The van der Waals surface area contributed by atoms with E-state index in [9.17, 15) is 9.59 Å². The molecule has 8 nitrogen and oxygen atoms in total. The maximum atomic E-state index is 11.6. The van der Waals surface area contributed by atoms with Crippen molar-refractivity contribution < 1.29 is 9.59 Å².